The van der Waals surface area contributed by atoms with Crippen LogP contribution in [-0.2, 0) is 32.4 Å². The fourth-order valence-corrected chi connectivity index (χ4v) is 6.28. The summed E-state index contributed by atoms with van der Waals surface area (Å²) in [5, 5.41) is 0. The average Bonchev–Trinajstić information content (AvgIpc) is 3.15. The van der Waals surface area contributed by atoms with Gasteiger partial charge in [0.1, 0.15) is 0 Å². The molecule has 0 radical (unpaired) electrons. The Balaban J connectivity index is 1.33. The Morgan fingerprint density at radius 1 is 1.10 bits per heavy atom. The van der Waals surface area contributed by atoms with Crippen molar-refractivity contribution in [2.24, 2.45) is 0 Å². The van der Waals surface area contributed by atoms with E-state index < -0.39 is 10.0 Å². The summed E-state index contributed by atoms with van der Waals surface area (Å²) in [4.78, 5) is 16.1. The molecule has 1 N–H and O–H groups in total. The normalized spacial score (nSPS) is 26.5. The smallest absolute Gasteiger partial charge is 0.277 e. The zero-order valence-corrected chi connectivity index (χ0v) is 18.2. The summed E-state index contributed by atoms with van der Waals surface area (Å²) in [6, 6.07) is 5.59. The molecule has 160 valence electrons. The van der Waals surface area contributed by atoms with E-state index in [4.69, 9.17) is 4.74 Å². The average molecular weight is 423 g/mol. The second-order valence-corrected chi connectivity index (χ2v) is 10.6. The molecule has 0 saturated carbocycles. The summed E-state index contributed by atoms with van der Waals surface area (Å²) in [6.45, 7) is 7.90. The standard InChI is InChI=1S/C21H31N3O4S/c1-16-13-23(14-17(2)28-16)21(25)15-22-8-10-24(11-9-22)29(26,27)20-7-6-18-4-3-5-19(18)12-20/h6-7,12,16-17H,3-5,8-11,13-15H2,1-2H3/p+1/t16-,17+. The molecule has 0 aromatic heterocycles. The van der Waals surface area contributed by atoms with Gasteiger partial charge in [-0.3, -0.25) is 4.79 Å². The first-order valence-electron chi connectivity index (χ1n) is 10.7. The third kappa shape index (κ3) is 4.50. The van der Waals surface area contributed by atoms with Crippen molar-refractivity contribution in [3.05, 3.63) is 29.3 Å². The van der Waals surface area contributed by atoms with Gasteiger partial charge < -0.3 is 14.5 Å². The lowest BCUT2D eigenvalue weighted by molar-refractivity contribution is -0.896. The first kappa shape index (κ1) is 20.8. The Labute approximate surface area is 173 Å². The van der Waals surface area contributed by atoms with Crippen molar-refractivity contribution in [3.8, 4) is 0 Å². The highest BCUT2D eigenvalue weighted by molar-refractivity contribution is 7.89. The second kappa shape index (κ2) is 8.34. The summed E-state index contributed by atoms with van der Waals surface area (Å²) in [5.41, 5.74) is 2.46. The van der Waals surface area contributed by atoms with Crippen molar-refractivity contribution >= 4 is 15.9 Å². The highest BCUT2D eigenvalue weighted by atomic mass is 32.2. The number of aryl methyl sites for hydroxylation is 2. The predicted octanol–water partition coefficient (Wildman–Crippen LogP) is -0.300. The highest BCUT2D eigenvalue weighted by Crippen LogP contribution is 2.26. The molecule has 2 aliphatic heterocycles. The third-order valence-corrected chi connectivity index (χ3v) is 8.21. The molecular formula is C21H32N3O4S+. The Morgan fingerprint density at radius 2 is 1.76 bits per heavy atom. The summed E-state index contributed by atoms with van der Waals surface area (Å²) in [7, 11) is -3.46. The topological polar surface area (TPSA) is 71.4 Å². The van der Waals surface area contributed by atoms with Gasteiger partial charge in [-0.2, -0.15) is 4.31 Å². The second-order valence-electron chi connectivity index (χ2n) is 8.67. The van der Waals surface area contributed by atoms with Crippen LogP contribution in [0.2, 0.25) is 0 Å². The van der Waals surface area contributed by atoms with E-state index in [0.717, 1.165) is 24.2 Å². The van der Waals surface area contributed by atoms with Gasteiger partial charge in [-0.1, -0.05) is 6.07 Å². The maximum atomic E-state index is 13.1. The number of ether oxygens (including phenoxy) is 1. The van der Waals surface area contributed by atoms with Crippen LogP contribution < -0.4 is 4.90 Å². The Morgan fingerprint density at radius 3 is 2.45 bits per heavy atom. The van der Waals surface area contributed by atoms with Crippen LogP contribution >= 0.6 is 0 Å². The van der Waals surface area contributed by atoms with E-state index >= 15 is 0 Å². The number of hydrogen-bond donors (Lipinski definition) is 1. The van der Waals surface area contributed by atoms with E-state index in [-0.39, 0.29) is 18.1 Å². The number of rotatable bonds is 4. The molecule has 1 aliphatic carbocycles. The Bertz CT molecular complexity index is 855. The van der Waals surface area contributed by atoms with Gasteiger partial charge in [0, 0.05) is 13.1 Å². The largest absolute Gasteiger partial charge is 0.372 e. The van der Waals surface area contributed by atoms with Crippen LogP contribution in [0.4, 0.5) is 0 Å². The van der Waals surface area contributed by atoms with Crippen molar-refractivity contribution in [1.82, 2.24) is 9.21 Å². The number of carbonyl (C=O) groups is 1. The number of piperazine rings is 1. The van der Waals surface area contributed by atoms with E-state index in [1.807, 2.05) is 30.9 Å². The van der Waals surface area contributed by atoms with Crippen molar-refractivity contribution in [2.45, 2.75) is 50.2 Å². The minimum atomic E-state index is -3.46. The van der Waals surface area contributed by atoms with Gasteiger partial charge >= 0.3 is 0 Å². The minimum Gasteiger partial charge on any atom is -0.372 e. The molecule has 2 heterocycles. The quantitative estimate of drug-likeness (QED) is 0.723. The number of fused-ring (bicyclic) bond motifs is 1. The molecule has 8 heteroatoms. The third-order valence-electron chi connectivity index (χ3n) is 6.31. The maximum absolute atomic E-state index is 13.1. The monoisotopic (exact) mass is 422 g/mol. The van der Waals surface area contributed by atoms with Gasteiger partial charge in [-0.15, -0.1) is 0 Å². The fourth-order valence-electron chi connectivity index (χ4n) is 4.78. The van der Waals surface area contributed by atoms with Crippen molar-refractivity contribution < 1.29 is 22.8 Å². The lowest BCUT2D eigenvalue weighted by atomic mass is 10.1. The number of nitrogens with zero attached hydrogens (tertiary/aromatic N) is 2. The van der Waals surface area contributed by atoms with Gasteiger partial charge in [0.2, 0.25) is 10.0 Å². The summed E-state index contributed by atoms with van der Waals surface area (Å²) < 4.78 is 33.4. The highest BCUT2D eigenvalue weighted by Gasteiger charge is 2.33. The van der Waals surface area contributed by atoms with E-state index in [1.54, 1.807) is 10.4 Å². The molecule has 0 spiro atoms. The molecule has 2 fully saturated rings. The summed E-state index contributed by atoms with van der Waals surface area (Å²) in [6.07, 6.45) is 3.25. The van der Waals surface area contributed by atoms with E-state index in [9.17, 15) is 13.2 Å². The van der Waals surface area contributed by atoms with Crippen LogP contribution in [0.3, 0.4) is 0 Å². The number of carbonyl (C=O) groups excluding carboxylic acids is 1. The lowest BCUT2D eigenvalue weighted by Crippen LogP contribution is -3.15. The molecule has 0 bridgehead atoms. The molecule has 1 aromatic carbocycles. The number of sulfonamides is 1. The minimum absolute atomic E-state index is 0.0620. The molecule has 29 heavy (non-hydrogen) atoms. The number of hydrogen-bond acceptors (Lipinski definition) is 4. The van der Waals surface area contributed by atoms with Gasteiger partial charge in [0.05, 0.1) is 43.3 Å². The molecule has 7 nitrogen and oxygen atoms in total. The van der Waals surface area contributed by atoms with Crippen LogP contribution in [-0.4, -0.2) is 81.6 Å². The van der Waals surface area contributed by atoms with Crippen molar-refractivity contribution in [1.29, 1.82) is 0 Å². The van der Waals surface area contributed by atoms with Crippen molar-refractivity contribution in [2.75, 3.05) is 45.8 Å². The SMILES string of the molecule is C[C@@H]1CN(C(=O)C[NH+]2CCN(S(=O)(=O)c3ccc4c(c3)CCC4)CC2)C[C@H](C)O1. The van der Waals surface area contributed by atoms with Gasteiger partial charge in [-0.05, 0) is 56.4 Å². The van der Waals surface area contributed by atoms with Crippen LogP contribution in [0.1, 0.15) is 31.4 Å². The van der Waals surface area contributed by atoms with Gasteiger partial charge in [0.15, 0.2) is 6.54 Å². The maximum Gasteiger partial charge on any atom is 0.277 e. The molecule has 4 rings (SSSR count). The molecule has 1 aromatic rings. The number of benzene rings is 1. The van der Waals surface area contributed by atoms with Crippen LogP contribution in [0.5, 0.6) is 0 Å². The molecule has 3 aliphatic rings. The van der Waals surface area contributed by atoms with Crippen LogP contribution in [0.25, 0.3) is 0 Å². The number of quaternary nitrogens is 1. The Hall–Kier alpha value is -1.48. The lowest BCUT2D eigenvalue weighted by Gasteiger charge is -2.37. The van der Waals surface area contributed by atoms with E-state index in [1.165, 1.54) is 11.1 Å². The molecular weight excluding hydrogens is 390 g/mol. The van der Waals surface area contributed by atoms with Gasteiger partial charge in [0.25, 0.3) is 5.91 Å². The zero-order chi connectivity index (χ0) is 20.6. The number of nitrogens with one attached hydrogen (secondary N) is 1. The molecule has 2 atom stereocenters. The molecule has 2 saturated heterocycles. The van der Waals surface area contributed by atoms with Gasteiger partial charge in [-0.25, -0.2) is 8.42 Å². The fraction of sp³-hybridized carbons (Fsp3) is 0.667. The van der Waals surface area contributed by atoms with Crippen LogP contribution in [0.15, 0.2) is 23.1 Å². The summed E-state index contributed by atoms with van der Waals surface area (Å²) in [5.74, 6) is 0.136. The Kier molecular flexibility index (Phi) is 5.97. The summed E-state index contributed by atoms with van der Waals surface area (Å²) >= 11 is 0. The zero-order valence-electron chi connectivity index (χ0n) is 17.4. The number of amides is 1. The first-order valence-corrected chi connectivity index (χ1v) is 12.2. The number of morpholine rings is 1. The van der Waals surface area contributed by atoms with E-state index in [2.05, 4.69) is 0 Å². The van der Waals surface area contributed by atoms with Crippen molar-refractivity contribution in [3.63, 3.8) is 0 Å². The van der Waals surface area contributed by atoms with E-state index in [0.29, 0.717) is 50.7 Å². The molecule has 0 unspecified atom stereocenters. The molecule has 1 amide bonds. The predicted molar refractivity (Wildman–Crippen MR) is 109 cm³/mol. The first-order chi connectivity index (χ1) is 13.8. The van der Waals surface area contributed by atoms with Crippen LogP contribution in [0, 0.1) is 0 Å².